The lowest BCUT2D eigenvalue weighted by atomic mass is 10.1. The maximum Gasteiger partial charge on any atom is 0.255 e. The third-order valence-corrected chi connectivity index (χ3v) is 5.87. The van der Waals surface area contributed by atoms with Crippen LogP contribution in [0.3, 0.4) is 0 Å². The number of anilines is 1. The van der Waals surface area contributed by atoms with Crippen molar-refractivity contribution in [2.24, 2.45) is 5.73 Å². The summed E-state index contributed by atoms with van der Waals surface area (Å²) in [6.07, 6.45) is 3.20. The van der Waals surface area contributed by atoms with Crippen molar-refractivity contribution < 1.29 is 13.2 Å². The molecule has 3 aromatic rings. The molecule has 1 atom stereocenters. The van der Waals surface area contributed by atoms with Crippen LogP contribution in [0.5, 0.6) is 0 Å². The van der Waals surface area contributed by atoms with E-state index in [-0.39, 0.29) is 23.2 Å². The monoisotopic (exact) mass is 410 g/mol. The molecule has 3 rings (SSSR count). The predicted molar refractivity (Wildman–Crippen MR) is 112 cm³/mol. The summed E-state index contributed by atoms with van der Waals surface area (Å²) in [4.78, 5) is 16.4. The summed E-state index contributed by atoms with van der Waals surface area (Å²) in [5.41, 5.74) is 8.11. The molecule has 0 radical (unpaired) electrons. The number of carbonyl (C=O) groups excluding carboxylic acids is 1. The smallest absolute Gasteiger partial charge is 0.255 e. The minimum atomic E-state index is -3.41. The molecule has 0 fully saturated rings. The molecule has 8 heteroatoms. The van der Waals surface area contributed by atoms with Crippen LogP contribution in [0.15, 0.2) is 84.0 Å². The van der Waals surface area contributed by atoms with Gasteiger partial charge in [0.25, 0.3) is 5.91 Å². The van der Waals surface area contributed by atoms with Crippen molar-refractivity contribution in [1.82, 2.24) is 10.3 Å². The van der Waals surface area contributed by atoms with E-state index in [2.05, 4.69) is 15.6 Å². The van der Waals surface area contributed by atoms with Crippen molar-refractivity contribution >= 4 is 21.4 Å². The number of hydrogen-bond donors (Lipinski definition) is 3. The summed E-state index contributed by atoms with van der Waals surface area (Å²) in [5.74, 6) is -0.430. The Kier molecular flexibility index (Phi) is 6.71. The topological polar surface area (TPSA) is 114 Å². The standard InChI is InChI=1S/C21H22N4O3S/c22-20(14-24-15-29(27,28)19-4-2-1-3-5-19)16-6-8-17(9-7-16)21(26)25-18-10-12-23-13-11-18/h1-13,20,24H,14-15,22H2,(H,23,25,26). The molecular weight excluding hydrogens is 388 g/mol. The molecule has 2 aromatic carbocycles. The van der Waals surface area contributed by atoms with Gasteiger partial charge in [0.05, 0.1) is 4.90 Å². The first kappa shape index (κ1) is 20.7. The van der Waals surface area contributed by atoms with E-state index in [0.717, 1.165) is 5.56 Å². The molecule has 0 aliphatic rings. The number of carbonyl (C=O) groups is 1. The van der Waals surface area contributed by atoms with Crippen molar-refractivity contribution in [3.8, 4) is 0 Å². The van der Waals surface area contributed by atoms with Gasteiger partial charge in [-0.15, -0.1) is 0 Å². The molecular formula is C21H22N4O3S. The van der Waals surface area contributed by atoms with Crippen LogP contribution in [0.1, 0.15) is 22.0 Å². The van der Waals surface area contributed by atoms with E-state index in [1.54, 1.807) is 79.1 Å². The largest absolute Gasteiger partial charge is 0.323 e. The molecule has 7 nitrogen and oxygen atoms in total. The Hall–Kier alpha value is -3.07. The number of nitrogens with two attached hydrogens (primary N) is 1. The van der Waals surface area contributed by atoms with Gasteiger partial charge >= 0.3 is 0 Å². The molecule has 0 spiro atoms. The molecule has 0 aliphatic heterocycles. The van der Waals surface area contributed by atoms with Crippen molar-refractivity contribution in [3.63, 3.8) is 0 Å². The van der Waals surface area contributed by atoms with E-state index < -0.39 is 15.9 Å². The van der Waals surface area contributed by atoms with Gasteiger partial charge in [0.1, 0.15) is 5.88 Å². The first-order chi connectivity index (χ1) is 14.0. The molecule has 29 heavy (non-hydrogen) atoms. The molecule has 1 aromatic heterocycles. The van der Waals surface area contributed by atoms with E-state index in [4.69, 9.17) is 5.73 Å². The van der Waals surface area contributed by atoms with Gasteiger partial charge in [-0.1, -0.05) is 30.3 Å². The minimum Gasteiger partial charge on any atom is -0.323 e. The molecule has 0 aliphatic carbocycles. The number of amides is 1. The van der Waals surface area contributed by atoms with Gasteiger partial charge in [0.2, 0.25) is 0 Å². The Morgan fingerprint density at radius 2 is 1.62 bits per heavy atom. The van der Waals surface area contributed by atoms with E-state index in [1.165, 1.54) is 0 Å². The molecule has 4 N–H and O–H groups in total. The predicted octanol–water partition coefficient (Wildman–Crippen LogP) is 2.35. The lowest BCUT2D eigenvalue weighted by Gasteiger charge is -2.14. The van der Waals surface area contributed by atoms with Crippen LogP contribution in [0.2, 0.25) is 0 Å². The fraction of sp³-hybridized carbons (Fsp3) is 0.143. The third kappa shape index (κ3) is 5.71. The van der Waals surface area contributed by atoms with Crippen LogP contribution in [0.25, 0.3) is 0 Å². The fourth-order valence-electron chi connectivity index (χ4n) is 2.70. The number of pyridine rings is 1. The van der Waals surface area contributed by atoms with E-state index in [0.29, 0.717) is 11.3 Å². The summed E-state index contributed by atoms with van der Waals surface area (Å²) in [7, 11) is -3.41. The van der Waals surface area contributed by atoms with Gasteiger partial charge < -0.3 is 16.4 Å². The zero-order chi connectivity index (χ0) is 20.7. The SMILES string of the molecule is NC(CNCS(=O)(=O)c1ccccc1)c1ccc(C(=O)Nc2ccncc2)cc1. The summed E-state index contributed by atoms with van der Waals surface area (Å²) in [5, 5.41) is 5.68. The van der Waals surface area contributed by atoms with Gasteiger partial charge in [-0.3, -0.25) is 9.78 Å². The highest BCUT2D eigenvalue weighted by Gasteiger charge is 2.15. The average Bonchev–Trinajstić information content (AvgIpc) is 2.75. The zero-order valence-corrected chi connectivity index (χ0v) is 16.5. The lowest BCUT2D eigenvalue weighted by Crippen LogP contribution is -2.31. The van der Waals surface area contributed by atoms with Crippen LogP contribution < -0.4 is 16.4 Å². The Morgan fingerprint density at radius 1 is 0.966 bits per heavy atom. The Labute approximate surface area is 169 Å². The Morgan fingerprint density at radius 3 is 2.28 bits per heavy atom. The number of hydrogen-bond acceptors (Lipinski definition) is 6. The van der Waals surface area contributed by atoms with Crippen LogP contribution in [-0.4, -0.2) is 31.7 Å². The Bertz CT molecular complexity index is 1040. The van der Waals surface area contributed by atoms with Gasteiger partial charge in [-0.2, -0.15) is 0 Å². The first-order valence-corrected chi connectivity index (χ1v) is 10.7. The summed E-state index contributed by atoms with van der Waals surface area (Å²) < 4.78 is 24.5. The van der Waals surface area contributed by atoms with Crippen molar-refractivity contribution in [1.29, 1.82) is 0 Å². The highest BCUT2D eigenvalue weighted by atomic mass is 32.2. The molecule has 1 amide bonds. The first-order valence-electron chi connectivity index (χ1n) is 9.01. The third-order valence-electron chi connectivity index (χ3n) is 4.30. The highest BCUT2D eigenvalue weighted by molar-refractivity contribution is 7.91. The van der Waals surface area contributed by atoms with Crippen molar-refractivity contribution in [3.05, 3.63) is 90.3 Å². The van der Waals surface area contributed by atoms with Crippen molar-refractivity contribution in [2.45, 2.75) is 10.9 Å². The van der Waals surface area contributed by atoms with Gasteiger partial charge in [-0.05, 0) is 42.0 Å². The number of aromatic nitrogens is 1. The quantitative estimate of drug-likeness (QED) is 0.525. The number of nitrogens with one attached hydrogen (secondary N) is 2. The lowest BCUT2D eigenvalue weighted by molar-refractivity contribution is 0.102. The van der Waals surface area contributed by atoms with Crippen LogP contribution >= 0.6 is 0 Å². The van der Waals surface area contributed by atoms with E-state index >= 15 is 0 Å². The molecule has 0 saturated heterocycles. The van der Waals surface area contributed by atoms with Gasteiger partial charge in [-0.25, -0.2) is 8.42 Å². The summed E-state index contributed by atoms with van der Waals surface area (Å²) in [6, 6.07) is 18.2. The van der Waals surface area contributed by atoms with Crippen LogP contribution in [0.4, 0.5) is 5.69 Å². The van der Waals surface area contributed by atoms with Gasteiger partial charge in [0.15, 0.2) is 9.84 Å². The van der Waals surface area contributed by atoms with Crippen molar-refractivity contribution in [2.75, 3.05) is 17.7 Å². The number of nitrogens with zero attached hydrogens (tertiary/aromatic N) is 1. The maximum atomic E-state index is 12.3. The number of sulfone groups is 1. The fourth-order valence-corrected chi connectivity index (χ4v) is 3.82. The summed E-state index contributed by atoms with van der Waals surface area (Å²) in [6.45, 7) is 0.286. The molecule has 1 unspecified atom stereocenters. The second kappa shape index (κ2) is 9.42. The minimum absolute atomic E-state index is 0.197. The zero-order valence-electron chi connectivity index (χ0n) is 15.7. The maximum absolute atomic E-state index is 12.3. The second-order valence-corrected chi connectivity index (χ2v) is 8.43. The van der Waals surface area contributed by atoms with Crippen LogP contribution in [-0.2, 0) is 9.84 Å². The normalized spacial score (nSPS) is 12.3. The molecule has 0 saturated carbocycles. The highest BCUT2D eigenvalue weighted by Crippen LogP contribution is 2.14. The summed E-state index contributed by atoms with van der Waals surface area (Å²) >= 11 is 0. The molecule has 0 bridgehead atoms. The molecule has 1 heterocycles. The van der Waals surface area contributed by atoms with E-state index in [1.807, 2.05) is 0 Å². The second-order valence-electron chi connectivity index (χ2n) is 6.44. The number of rotatable bonds is 8. The molecule has 150 valence electrons. The number of benzene rings is 2. The van der Waals surface area contributed by atoms with E-state index in [9.17, 15) is 13.2 Å². The van der Waals surface area contributed by atoms with Crippen LogP contribution in [0, 0.1) is 0 Å². The Balaban J connectivity index is 1.54. The average molecular weight is 410 g/mol. The van der Waals surface area contributed by atoms with Gasteiger partial charge in [0, 0.05) is 36.2 Å².